The molecule has 33 heavy (non-hydrogen) atoms. The molecule has 11 nitrogen and oxygen atoms in total. The average molecular weight is 512 g/mol. The van der Waals surface area contributed by atoms with Crippen molar-refractivity contribution in [2.24, 2.45) is 16.6 Å². The van der Waals surface area contributed by atoms with E-state index in [1.807, 2.05) is 37.5 Å². The molecular weight excluding hydrogens is 488 g/mol. The number of nitrogens with zero attached hydrogens (tertiary/aromatic N) is 4. The van der Waals surface area contributed by atoms with Gasteiger partial charge in [0, 0.05) is 38.7 Å². The lowest BCUT2D eigenvalue weighted by Gasteiger charge is -2.07. The van der Waals surface area contributed by atoms with Gasteiger partial charge in [0.2, 0.25) is 15.7 Å². The van der Waals surface area contributed by atoms with Crippen molar-refractivity contribution in [2.75, 3.05) is 5.32 Å². The maximum absolute atomic E-state index is 12.6. The number of primary sulfonamides is 1. The van der Waals surface area contributed by atoms with Gasteiger partial charge in [0.05, 0.1) is 4.90 Å². The van der Waals surface area contributed by atoms with Crippen LogP contribution in [-0.4, -0.2) is 32.5 Å². The molecule has 1 aromatic carbocycles. The number of hydrogen-bond acceptors (Lipinski definition) is 7. The Morgan fingerprint density at radius 2 is 1.70 bits per heavy atom. The van der Waals surface area contributed by atoms with E-state index in [0.717, 1.165) is 21.6 Å². The summed E-state index contributed by atoms with van der Waals surface area (Å²) in [6, 6.07) is 9.46. The monoisotopic (exact) mass is 511 g/mol. The predicted molar refractivity (Wildman–Crippen MR) is 121 cm³/mol. The number of nitrogens with one attached hydrogen (secondary N) is 1. The van der Waals surface area contributed by atoms with E-state index in [1.54, 1.807) is 0 Å². The first-order chi connectivity index (χ1) is 15.3. The lowest BCUT2D eigenvalue weighted by molar-refractivity contribution is -0.696. The first-order valence-electron chi connectivity index (χ1n) is 9.52. The van der Waals surface area contributed by atoms with Gasteiger partial charge in [0.1, 0.15) is 0 Å². The number of aromatic nitrogens is 3. The highest BCUT2D eigenvalue weighted by Gasteiger charge is 2.19. The quantitative estimate of drug-likeness (QED) is 0.452. The van der Waals surface area contributed by atoms with E-state index >= 15 is 0 Å². The van der Waals surface area contributed by atoms with Gasteiger partial charge in [-0.3, -0.25) is 4.79 Å². The Bertz CT molecular complexity index is 1480. The number of carbonyl (C=O) groups is 1. The first-order valence-corrected chi connectivity index (χ1v) is 13.3. The van der Waals surface area contributed by atoms with Crippen LogP contribution in [0.5, 0.6) is 0 Å². The summed E-state index contributed by atoms with van der Waals surface area (Å²) in [4.78, 5) is 12.2. The molecule has 0 saturated carbocycles. The number of aryl methyl sites for hydroxylation is 4. The summed E-state index contributed by atoms with van der Waals surface area (Å²) in [5.74, 6) is -0.262. The Morgan fingerprint density at radius 1 is 1.12 bits per heavy atom. The minimum absolute atomic E-state index is 0.113. The van der Waals surface area contributed by atoms with Crippen LogP contribution in [0, 0.1) is 20.8 Å². The summed E-state index contributed by atoms with van der Waals surface area (Å²) < 4.78 is 54.2. The minimum atomic E-state index is -4.15. The van der Waals surface area contributed by atoms with Crippen LogP contribution in [0.4, 0.5) is 5.69 Å². The van der Waals surface area contributed by atoms with Crippen LogP contribution in [0.2, 0.25) is 0 Å². The van der Waals surface area contributed by atoms with E-state index in [1.165, 1.54) is 31.3 Å². The Kier molecular flexibility index (Phi) is 6.83. The Morgan fingerprint density at radius 3 is 2.21 bits per heavy atom. The molecule has 2 aromatic heterocycles. The third-order valence-electron chi connectivity index (χ3n) is 4.59. The highest BCUT2D eigenvalue weighted by Crippen LogP contribution is 2.16. The average Bonchev–Trinajstić information content (AvgIpc) is 3.05. The molecule has 176 valence electrons. The number of carbonyl (C=O) groups excluding carboxylic acids is 1. The van der Waals surface area contributed by atoms with Crippen LogP contribution >= 0.6 is 11.3 Å². The standard InChI is InChI=1S/C19H22N6O5S3/c1-12-9-13(2)25(14(3)10-12)11-17(26)21-15-5-7-16(8-6-15)33(29,30)23-18-24(4)22-19(31-18)32(20,27)28/h5-10H,11H2,1-4H3,(H2-,20,21,26,27,28)/p+1/b23-18-. The first kappa shape index (κ1) is 24.7. The number of anilines is 1. The number of rotatable bonds is 6. The third-order valence-corrected chi connectivity index (χ3v) is 8.30. The molecule has 3 N–H and O–H groups in total. The number of amides is 1. The highest BCUT2D eigenvalue weighted by atomic mass is 32.2. The van der Waals surface area contributed by atoms with E-state index in [2.05, 4.69) is 14.8 Å². The molecule has 0 aliphatic carbocycles. The van der Waals surface area contributed by atoms with Crippen LogP contribution in [0.3, 0.4) is 0 Å². The zero-order valence-electron chi connectivity index (χ0n) is 18.3. The van der Waals surface area contributed by atoms with Crippen LogP contribution in [0.15, 0.2) is 50.0 Å². The smallest absolute Gasteiger partial charge is 0.290 e. The third kappa shape index (κ3) is 5.90. The van der Waals surface area contributed by atoms with Crippen molar-refractivity contribution in [3.63, 3.8) is 0 Å². The zero-order valence-corrected chi connectivity index (χ0v) is 20.8. The van der Waals surface area contributed by atoms with Crippen LogP contribution in [-0.2, 0) is 38.4 Å². The van der Waals surface area contributed by atoms with Crippen LogP contribution < -0.4 is 19.8 Å². The molecule has 3 rings (SSSR count). The summed E-state index contributed by atoms with van der Waals surface area (Å²) in [7, 11) is -6.88. The number of benzene rings is 1. The van der Waals surface area contributed by atoms with Gasteiger partial charge in [-0.2, -0.15) is 13.0 Å². The molecule has 0 spiro atoms. The molecule has 3 aromatic rings. The predicted octanol–water partition coefficient (Wildman–Crippen LogP) is 0.270. The SMILES string of the molecule is Cc1cc(C)[n+](CC(=O)Nc2ccc(S(=O)(=O)/N=c3\sc(S(N)(=O)=O)nn3C)cc2)c(C)c1. The second-order valence-corrected chi connectivity index (χ2v) is 11.7. The van der Waals surface area contributed by atoms with Crippen molar-refractivity contribution in [2.45, 2.75) is 36.6 Å². The molecule has 0 radical (unpaired) electrons. The normalized spacial score (nSPS) is 12.7. The van der Waals surface area contributed by atoms with E-state index in [-0.39, 0.29) is 22.1 Å². The lowest BCUT2D eigenvalue weighted by Crippen LogP contribution is -2.45. The molecule has 0 aliphatic rings. The molecule has 1 amide bonds. The van der Waals surface area contributed by atoms with Gasteiger partial charge < -0.3 is 5.32 Å². The van der Waals surface area contributed by atoms with Crippen LogP contribution in [0.1, 0.15) is 17.0 Å². The molecule has 14 heteroatoms. The summed E-state index contributed by atoms with van der Waals surface area (Å²) in [5.41, 5.74) is 3.43. The maximum atomic E-state index is 12.6. The van der Waals surface area contributed by atoms with Crippen molar-refractivity contribution < 1.29 is 26.2 Å². The minimum Gasteiger partial charge on any atom is -0.321 e. The van der Waals surface area contributed by atoms with Gasteiger partial charge in [-0.25, -0.2) is 18.2 Å². The summed E-state index contributed by atoms with van der Waals surface area (Å²) >= 11 is 0.537. The van der Waals surface area contributed by atoms with E-state index < -0.39 is 24.4 Å². The fourth-order valence-electron chi connectivity index (χ4n) is 3.12. The summed E-state index contributed by atoms with van der Waals surface area (Å²) in [5, 5.41) is 11.4. The van der Waals surface area contributed by atoms with Gasteiger partial charge in [-0.15, -0.1) is 9.50 Å². The number of hydrogen-bond donors (Lipinski definition) is 2. The van der Waals surface area contributed by atoms with Crippen molar-refractivity contribution in [3.05, 3.63) is 58.2 Å². The molecule has 0 unspecified atom stereocenters. The summed E-state index contributed by atoms with van der Waals surface area (Å²) in [6.45, 7) is 5.94. The second-order valence-electron chi connectivity index (χ2n) is 7.36. The topological polar surface area (TPSA) is 157 Å². The van der Waals surface area contributed by atoms with E-state index in [4.69, 9.17) is 5.14 Å². The molecule has 0 aliphatic heterocycles. The van der Waals surface area contributed by atoms with Crippen LogP contribution in [0.25, 0.3) is 0 Å². The van der Waals surface area contributed by atoms with Crippen molar-refractivity contribution >= 4 is 43.0 Å². The van der Waals surface area contributed by atoms with Crippen molar-refractivity contribution in [3.8, 4) is 0 Å². The molecular formula is C19H23N6O5S3+. The van der Waals surface area contributed by atoms with Gasteiger partial charge in [0.15, 0.2) is 11.4 Å². The largest absolute Gasteiger partial charge is 0.321 e. The van der Waals surface area contributed by atoms with Crippen molar-refractivity contribution in [1.82, 2.24) is 9.78 Å². The summed E-state index contributed by atoms with van der Waals surface area (Å²) in [6.07, 6.45) is 0. The van der Waals surface area contributed by atoms with Gasteiger partial charge in [-0.1, -0.05) is 11.3 Å². The van der Waals surface area contributed by atoms with E-state index in [9.17, 15) is 21.6 Å². The molecule has 0 fully saturated rings. The molecule has 0 bridgehead atoms. The number of nitrogens with two attached hydrogens (primary N) is 1. The second kappa shape index (κ2) is 9.13. The highest BCUT2D eigenvalue weighted by molar-refractivity contribution is 7.91. The number of pyridine rings is 1. The van der Waals surface area contributed by atoms with Gasteiger partial charge in [-0.05, 0) is 36.8 Å². The zero-order chi connectivity index (χ0) is 24.6. The van der Waals surface area contributed by atoms with E-state index in [0.29, 0.717) is 17.0 Å². The van der Waals surface area contributed by atoms with Gasteiger partial charge >= 0.3 is 0 Å². The molecule has 2 heterocycles. The fourth-order valence-corrected chi connectivity index (χ4v) is 5.89. The number of sulfonamides is 2. The fraction of sp³-hybridized carbons (Fsp3) is 0.263. The maximum Gasteiger partial charge on any atom is 0.290 e. The van der Waals surface area contributed by atoms with Gasteiger partial charge in [0.25, 0.3) is 26.0 Å². The Balaban J connectivity index is 1.79. The Labute approximate surface area is 195 Å². The Hall–Kier alpha value is -2.94. The molecule has 0 saturated heterocycles. The van der Waals surface area contributed by atoms with Crippen molar-refractivity contribution in [1.29, 1.82) is 0 Å². The molecule has 0 atom stereocenters. The lowest BCUT2D eigenvalue weighted by atomic mass is 10.2.